The molecule has 1 N–H and O–H groups in total. The van der Waals surface area contributed by atoms with E-state index in [1.54, 1.807) is 0 Å². The third-order valence-corrected chi connectivity index (χ3v) is 4.81. The van der Waals surface area contributed by atoms with E-state index in [-0.39, 0.29) is 0 Å². The van der Waals surface area contributed by atoms with E-state index in [1.807, 2.05) is 12.4 Å². The van der Waals surface area contributed by atoms with Crippen LogP contribution in [-0.4, -0.2) is 30.7 Å². The van der Waals surface area contributed by atoms with E-state index in [4.69, 9.17) is 0 Å². The zero-order chi connectivity index (χ0) is 11.8. The summed E-state index contributed by atoms with van der Waals surface area (Å²) >= 11 is 3.62. The molecule has 3 heterocycles. The zero-order valence-electron chi connectivity index (χ0n) is 10.1. The van der Waals surface area contributed by atoms with Gasteiger partial charge in [-0.25, -0.2) is 0 Å². The summed E-state index contributed by atoms with van der Waals surface area (Å²) in [6.45, 7) is 5.84. The molecule has 0 aromatic carbocycles. The van der Waals surface area contributed by atoms with E-state index in [0.717, 1.165) is 16.3 Å². The van der Waals surface area contributed by atoms with Gasteiger partial charge in [-0.3, -0.25) is 4.98 Å². The topological polar surface area (TPSA) is 28.2 Å². The standard InChI is InChI=1S/C13H18BrN3/c1-2-12-10-6-16-5-9(10)8-17(12)13-3-4-15-7-11(13)14/h3-4,7,9-10,12,16H,2,5-6,8H2,1H3. The predicted molar refractivity (Wildman–Crippen MR) is 73.2 cm³/mol. The fourth-order valence-corrected chi connectivity index (χ4v) is 3.90. The van der Waals surface area contributed by atoms with Crippen molar-refractivity contribution in [3.8, 4) is 0 Å². The largest absolute Gasteiger partial charge is 0.367 e. The Hall–Kier alpha value is -0.610. The lowest BCUT2D eigenvalue weighted by molar-refractivity contribution is 0.442. The van der Waals surface area contributed by atoms with Crippen molar-refractivity contribution in [3.63, 3.8) is 0 Å². The van der Waals surface area contributed by atoms with E-state index in [0.29, 0.717) is 6.04 Å². The molecule has 0 amide bonds. The Labute approximate surface area is 111 Å². The first-order chi connectivity index (χ1) is 8.31. The van der Waals surface area contributed by atoms with Gasteiger partial charge in [0.25, 0.3) is 0 Å². The predicted octanol–water partition coefficient (Wildman–Crippen LogP) is 2.28. The van der Waals surface area contributed by atoms with Crippen molar-refractivity contribution in [2.45, 2.75) is 19.4 Å². The Morgan fingerprint density at radius 3 is 3.18 bits per heavy atom. The van der Waals surface area contributed by atoms with Crippen LogP contribution >= 0.6 is 15.9 Å². The molecular weight excluding hydrogens is 278 g/mol. The Morgan fingerprint density at radius 1 is 1.53 bits per heavy atom. The van der Waals surface area contributed by atoms with Gasteiger partial charge in [-0.1, -0.05) is 6.92 Å². The Bertz CT molecular complexity index is 409. The first kappa shape index (κ1) is 11.5. The molecule has 17 heavy (non-hydrogen) atoms. The van der Waals surface area contributed by atoms with Crippen LogP contribution in [-0.2, 0) is 0 Å². The van der Waals surface area contributed by atoms with Gasteiger partial charge in [-0.15, -0.1) is 0 Å². The number of rotatable bonds is 2. The molecule has 3 rings (SSSR count). The second kappa shape index (κ2) is 4.58. The number of hydrogen-bond acceptors (Lipinski definition) is 3. The van der Waals surface area contributed by atoms with E-state index in [1.165, 1.54) is 31.7 Å². The molecule has 0 saturated carbocycles. The van der Waals surface area contributed by atoms with Crippen LogP contribution in [0.5, 0.6) is 0 Å². The summed E-state index contributed by atoms with van der Waals surface area (Å²) in [7, 11) is 0. The van der Waals surface area contributed by atoms with Crippen molar-refractivity contribution >= 4 is 21.6 Å². The summed E-state index contributed by atoms with van der Waals surface area (Å²) in [4.78, 5) is 6.72. The second-order valence-corrected chi connectivity index (χ2v) is 5.89. The van der Waals surface area contributed by atoms with Crippen molar-refractivity contribution in [1.29, 1.82) is 0 Å². The number of anilines is 1. The fraction of sp³-hybridized carbons (Fsp3) is 0.615. The molecular formula is C13H18BrN3. The summed E-state index contributed by atoms with van der Waals surface area (Å²) in [5.74, 6) is 1.64. The van der Waals surface area contributed by atoms with Gasteiger partial charge in [0.05, 0.1) is 10.2 Å². The summed E-state index contributed by atoms with van der Waals surface area (Å²) in [5, 5.41) is 3.52. The molecule has 1 aromatic rings. The molecule has 0 aliphatic carbocycles. The molecule has 2 aliphatic heterocycles. The molecule has 3 atom stereocenters. The monoisotopic (exact) mass is 295 g/mol. The lowest BCUT2D eigenvalue weighted by Crippen LogP contribution is -2.35. The maximum atomic E-state index is 4.15. The lowest BCUT2D eigenvalue weighted by Gasteiger charge is -2.29. The summed E-state index contributed by atoms with van der Waals surface area (Å²) in [6.07, 6.45) is 5.01. The SMILES string of the molecule is CCC1C2CNCC2CN1c1ccncc1Br. The van der Waals surface area contributed by atoms with Crippen molar-refractivity contribution in [3.05, 3.63) is 22.9 Å². The van der Waals surface area contributed by atoms with Gasteiger partial charge in [0.2, 0.25) is 0 Å². The number of hydrogen-bond donors (Lipinski definition) is 1. The van der Waals surface area contributed by atoms with Crippen molar-refractivity contribution < 1.29 is 0 Å². The first-order valence-electron chi connectivity index (χ1n) is 6.38. The minimum absolute atomic E-state index is 0.675. The van der Waals surface area contributed by atoms with Crippen LogP contribution in [0.1, 0.15) is 13.3 Å². The van der Waals surface area contributed by atoms with E-state index >= 15 is 0 Å². The molecule has 2 aliphatic rings. The van der Waals surface area contributed by atoms with Crippen LogP contribution in [0.2, 0.25) is 0 Å². The first-order valence-corrected chi connectivity index (χ1v) is 7.17. The van der Waals surface area contributed by atoms with Gasteiger partial charge in [0.15, 0.2) is 0 Å². The number of halogens is 1. The normalized spacial score (nSPS) is 31.9. The molecule has 1 aromatic heterocycles. The summed E-state index contributed by atoms with van der Waals surface area (Å²) < 4.78 is 1.12. The highest BCUT2D eigenvalue weighted by atomic mass is 79.9. The van der Waals surface area contributed by atoms with Crippen LogP contribution in [0.15, 0.2) is 22.9 Å². The van der Waals surface area contributed by atoms with Crippen molar-refractivity contribution in [1.82, 2.24) is 10.3 Å². The molecule has 0 radical (unpaired) electrons. The Kier molecular flexibility index (Phi) is 3.09. The summed E-state index contributed by atoms with van der Waals surface area (Å²) in [6, 6.07) is 2.80. The lowest BCUT2D eigenvalue weighted by atomic mass is 9.93. The molecule has 92 valence electrons. The van der Waals surface area contributed by atoms with Crippen molar-refractivity contribution in [2.75, 3.05) is 24.5 Å². The molecule has 0 spiro atoms. The second-order valence-electron chi connectivity index (χ2n) is 5.04. The van der Waals surface area contributed by atoms with Gasteiger partial charge in [-0.2, -0.15) is 0 Å². The van der Waals surface area contributed by atoms with E-state index < -0.39 is 0 Å². The van der Waals surface area contributed by atoms with Crippen molar-refractivity contribution in [2.24, 2.45) is 11.8 Å². The van der Waals surface area contributed by atoms with Crippen LogP contribution in [0.25, 0.3) is 0 Å². The smallest absolute Gasteiger partial charge is 0.0592 e. The molecule has 3 nitrogen and oxygen atoms in total. The highest BCUT2D eigenvalue weighted by Crippen LogP contribution is 2.39. The highest BCUT2D eigenvalue weighted by molar-refractivity contribution is 9.10. The summed E-state index contributed by atoms with van der Waals surface area (Å²) in [5.41, 5.74) is 1.31. The average molecular weight is 296 g/mol. The van der Waals surface area contributed by atoms with Gasteiger partial charge in [0.1, 0.15) is 0 Å². The van der Waals surface area contributed by atoms with Crippen LogP contribution in [0.3, 0.4) is 0 Å². The van der Waals surface area contributed by atoms with Crippen LogP contribution in [0, 0.1) is 11.8 Å². The number of pyridine rings is 1. The van der Waals surface area contributed by atoms with E-state index in [9.17, 15) is 0 Å². The number of fused-ring (bicyclic) bond motifs is 1. The van der Waals surface area contributed by atoms with E-state index in [2.05, 4.69) is 44.1 Å². The van der Waals surface area contributed by atoms with Gasteiger partial charge < -0.3 is 10.2 Å². The minimum Gasteiger partial charge on any atom is -0.367 e. The van der Waals surface area contributed by atoms with Gasteiger partial charge in [-0.05, 0) is 40.3 Å². The molecule has 2 saturated heterocycles. The number of nitrogens with one attached hydrogen (secondary N) is 1. The third kappa shape index (κ3) is 1.87. The minimum atomic E-state index is 0.675. The third-order valence-electron chi connectivity index (χ3n) is 4.20. The number of aromatic nitrogens is 1. The van der Waals surface area contributed by atoms with Gasteiger partial charge in [0, 0.05) is 38.1 Å². The van der Waals surface area contributed by atoms with Crippen LogP contribution in [0.4, 0.5) is 5.69 Å². The average Bonchev–Trinajstić information content (AvgIpc) is 2.89. The quantitative estimate of drug-likeness (QED) is 0.907. The number of nitrogens with zero attached hydrogens (tertiary/aromatic N) is 2. The fourth-order valence-electron chi connectivity index (χ4n) is 3.42. The Balaban J connectivity index is 1.91. The van der Waals surface area contributed by atoms with Crippen LogP contribution < -0.4 is 10.2 Å². The zero-order valence-corrected chi connectivity index (χ0v) is 11.7. The van der Waals surface area contributed by atoms with Gasteiger partial charge >= 0.3 is 0 Å². The highest BCUT2D eigenvalue weighted by Gasteiger charge is 2.43. The molecule has 3 unspecified atom stereocenters. The molecule has 0 bridgehead atoms. The maximum absolute atomic E-state index is 4.15. The maximum Gasteiger partial charge on any atom is 0.0592 e. The molecule has 4 heteroatoms. The molecule has 2 fully saturated rings. The Morgan fingerprint density at radius 2 is 2.41 bits per heavy atom.